The molecule has 1 aliphatic heterocycles. The second-order valence-corrected chi connectivity index (χ2v) is 5.27. The Morgan fingerprint density at radius 2 is 2.38 bits per heavy atom. The van der Waals surface area contributed by atoms with Gasteiger partial charge in [0.1, 0.15) is 0 Å². The lowest BCUT2D eigenvalue weighted by Gasteiger charge is -2.28. The van der Waals surface area contributed by atoms with Crippen LogP contribution in [0.25, 0.3) is 0 Å². The average molecular weight is 295 g/mol. The molecule has 3 N–H and O–H groups in total. The molecule has 0 spiro atoms. The molecule has 8 nitrogen and oxygen atoms in total. The molecule has 116 valence electrons. The van der Waals surface area contributed by atoms with Gasteiger partial charge in [-0.3, -0.25) is 4.79 Å². The van der Waals surface area contributed by atoms with Crippen LogP contribution in [0.2, 0.25) is 0 Å². The molecule has 2 unspecified atom stereocenters. The van der Waals surface area contributed by atoms with Gasteiger partial charge in [-0.1, -0.05) is 18.6 Å². The second-order valence-electron chi connectivity index (χ2n) is 5.27. The summed E-state index contributed by atoms with van der Waals surface area (Å²) in [6.07, 6.45) is 4.44. The van der Waals surface area contributed by atoms with Gasteiger partial charge in [-0.05, 0) is 25.3 Å². The number of carbonyl (C=O) groups is 2. The van der Waals surface area contributed by atoms with Gasteiger partial charge in [0.25, 0.3) is 0 Å². The smallest absolute Gasteiger partial charge is 0.358 e. The van der Waals surface area contributed by atoms with E-state index in [0.717, 1.165) is 25.8 Å². The third-order valence-corrected chi connectivity index (χ3v) is 3.80. The minimum absolute atomic E-state index is 0.00766. The third-order valence-electron chi connectivity index (χ3n) is 3.80. The van der Waals surface area contributed by atoms with E-state index in [1.54, 1.807) is 0 Å². The fraction of sp³-hybridized carbons (Fsp3) is 0.692. The van der Waals surface area contributed by atoms with Crippen molar-refractivity contribution in [3.8, 4) is 0 Å². The fourth-order valence-electron chi connectivity index (χ4n) is 2.49. The summed E-state index contributed by atoms with van der Waals surface area (Å²) >= 11 is 0. The van der Waals surface area contributed by atoms with Gasteiger partial charge in [0.15, 0.2) is 5.69 Å². The number of carboxylic acids is 1. The first-order chi connectivity index (χ1) is 10.1. The number of carbonyl (C=O) groups excluding carboxylic acids is 1. The first kappa shape index (κ1) is 15.4. The summed E-state index contributed by atoms with van der Waals surface area (Å²) < 4.78 is 1.41. The van der Waals surface area contributed by atoms with Crippen LogP contribution in [-0.4, -0.2) is 51.1 Å². The Balaban J connectivity index is 1.74. The van der Waals surface area contributed by atoms with Crippen molar-refractivity contribution in [1.29, 1.82) is 0 Å². The molecule has 0 radical (unpaired) electrons. The van der Waals surface area contributed by atoms with Crippen molar-refractivity contribution >= 4 is 11.9 Å². The standard InChI is InChI=1S/C13H21N5O3/c1-2-9-3-4-14-10(7-9)12(19)15-5-6-18-8-11(13(20)21)16-17-18/h8-10,14H,2-7H2,1H3,(H,15,19)(H,20,21). The fourth-order valence-corrected chi connectivity index (χ4v) is 2.49. The van der Waals surface area contributed by atoms with Gasteiger partial charge >= 0.3 is 5.97 Å². The molecule has 2 rings (SSSR count). The minimum atomic E-state index is -1.11. The van der Waals surface area contributed by atoms with Gasteiger partial charge in [-0.2, -0.15) is 0 Å². The van der Waals surface area contributed by atoms with Crippen molar-refractivity contribution in [2.75, 3.05) is 13.1 Å². The summed E-state index contributed by atoms with van der Waals surface area (Å²) in [5.41, 5.74) is -0.0962. The van der Waals surface area contributed by atoms with E-state index in [4.69, 9.17) is 5.11 Å². The molecule has 0 aliphatic carbocycles. The van der Waals surface area contributed by atoms with Crippen molar-refractivity contribution in [2.24, 2.45) is 5.92 Å². The molecule has 8 heteroatoms. The van der Waals surface area contributed by atoms with Crippen LogP contribution in [-0.2, 0) is 11.3 Å². The van der Waals surface area contributed by atoms with Crippen LogP contribution in [0.5, 0.6) is 0 Å². The maximum absolute atomic E-state index is 12.1. The quantitative estimate of drug-likeness (QED) is 0.674. The van der Waals surface area contributed by atoms with E-state index in [1.807, 2.05) is 0 Å². The van der Waals surface area contributed by atoms with E-state index in [-0.39, 0.29) is 17.6 Å². The molecule has 0 aromatic carbocycles. The molecule has 21 heavy (non-hydrogen) atoms. The average Bonchev–Trinajstić information content (AvgIpc) is 2.96. The zero-order valence-corrected chi connectivity index (χ0v) is 12.1. The van der Waals surface area contributed by atoms with Gasteiger partial charge in [-0.25, -0.2) is 9.48 Å². The van der Waals surface area contributed by atoms with Gasteiger partial charge in [0.05, 0.1) is 18.8 Å². The minimum Gasteiger partial charge on any atom is -0.476 e. The lowest BCUT2D eigenvalue weighted by atomic mass is 9.90. The molecular formula is C13H21N5O3. The molecule has 1 fully saturated rings. The highest BCUT2D eigenvalue weighted by atomic mass is 16.4. The second kappa shape index (κ2) is 7.16. The number of aromatic nitrogens is 3. The van der Waals surface area contributed by atoms with E-state index in [2.05, 4.69) is 27.9 Å². The van der Waals surface area contributed by atoms with Crippen LogP contribution in [0.3, 0.4) is 0 Å². The largest absolute Gasteiger partial charge is 0.476 e. The molecule has 2 atom stereocenters. The molecule has 1 aliphatic rings. The molecule has 1 saturated heterocycles. The number of rotatable bonds is 6. The summed E-state index contributed by atoms with van der Waals surface area (Å²) in [7, 11) is 0. The Labute approximate surface area is 122 Å². The predicted octanol–water partition coefficient (Wildman–Crippen LogP) is -0.129. The van der Waals surface area contributed by atoms with E-state index in [0.29, 0.717) is 19.0 Å². The maximum Gasteiger partial charge on any atom is 0.358 e. The van der Waals surface area contributed by atoms with E-state index >= 15 is 0 Å². The normalized spacial score (nSPS) is 22.0. The van der Waals surface area contributed by atoms with E-state index in [9.17, 15) is 9.59 Å². The molecule has 2 heterocycles. The van der Waals surface area contributed by atoms with Crippen LogP contribution >= 0.6 is 0 Å². The highest BCUT2D eigenvalue weighted by Crippen LogP contribution is 2.19. The lowest BCUT2D eigenvalue weighted by molar-refractivity contribution is -0.124. The van der Waals surface area contributed by atoms with Crippen molar-refractivity contribution in [3.05, 3.63) is 11.9 Å². The van der Waals surface area contributed by atoms with Crippen LogP contribution in [0, 0.1) is 5.92 Å². The van der Waals surface area contributed by atoms with E-state index < -0.39 is 5.97 Å². The van der Waals surface area contributed by atoms with Crippen molar-refractivity contribution in [3.63, 3.8) is 0 Å². The monoisotopic (exact) mass is 295 g/mol. The molecule has 0 bridgehead atoms. The number of piperidine rings is 1. The highest BCUT2D eigenvalue weighted by Gasteiger charge is 2.25. The van der Waals surface area contributed by atoms with Crippen molar-refractivity contribution in [1.82, 2.24) is 25.6 Å². The Kier molecular flexibility index (Phi) is 5.26. The number of aromatic carboxylic acids is 1. The third kappa shape index (κ3) is 4.25. The van der Waals surface area contributed by atoms with Crippen LogP contribution in [0.15, 0.2) is 6.20 Å². The zero-order chi connectivity index (χ0) is 15.2. The molecular weight excluding hydrogens is 274 g/mol. The predicted molar refractivity (Wildman–Crippen MR) is 74.8 cm³/mol. The summed E-state index contributed by atoms with van der Waals surface area (Å²) in [4.78, 5) is 22.7. The van der Waals surface area contributed by atoms with Crippen LogP contribution in [0.4, 0.5) is 0 Å². The molecule has 1 aromatic heterocycles. The van der Waals surface area contributed by atoms with E-state index in [1.165, 1.54) is 10.9 Å². The van der Waals surface area contributed by atoms with Gasteiger partial charge in [0.2, 0.25) is 5.91 Å². The molecule has 0 saturated carbocycles. The Hall–Kier alpha value is -1.96. The zero-order valence-electron chi connectivity index (χ0n) is 12.1. The Morgan fingerprint density at radius 1 is 1.57 bits per heavy atom. The van der Waals surface area contributed by atoms with Gasteiger partial charge in [0, 0.05) is 6.54 Å². The van der Waals surface area contributed by atoms with Crippen molar-refractivity contribution < 1.29 is 14.7 Å². The first-order valence-corrected chi connectivity index (χ1v) is 7.24. The first-order valence-electron chi connectivity index (χ1n) is 7.24. The highest BCUT2D eigenvalue weighted by molar-refractivity contribution is 5.84. The number of nitrogens with one attached hydrogen (secondary N) is 2. The lowest BCUT2D eigenvalue weighted by Crippen LogP contribution is -2.49. The van der Waals surface area contributed by atoms with Crippen LogP contribution in [0.1, 0.15) is 36.7 Å². The maximum atomic E-state index is 12.1. The summed E-state index contributed by atoms with van der Waals surface area (Å²) in [5, 5.41) is 22.0. The number of amides is 1. The Bertz CT molecular complexity index is 502. The SMILES string of the molecule is CCC1CCNC(C(=O)NCCn2cc(C(=O)O)nn2)C1. The Morgan fingerprint density at radius 3 is 3.05 bits per heavy atom. The number of nitrogens with zero attached hydrogens (tertiary/aromatic N) is 3. The summed E-state index contributed by atoms with van der Waals surface area (Å²) in [5.74, 6) is -0.510. The summed E-state index contributed by atoms with van der Waals surface area (Å²) in [6.45, 7) is 3.82. The molecule has 1 amide bonds. The van der Waals surface area contributed by atoms with Gasteiger partial charge in [-0.15, -0.1) is 5.10 Å². The topological polar surface area (TPSA) is 109 Å². The number of carboxylic acid groups (broad SMARTS) is 1. The number of hydrogen-bond acceptors (Lipinski definition) is 5. The number of hydrogen-bond donors (Lipinski definition) is 3. The van der Waals surface area contributed by atoms with Crippen molar-refractivity contribution in [2.45, 2.75) is 38.8 Å². The summed E-state index contributed by atoms with van der Waals surface area (Å²) in [6, 6.07) is -0.131. The molecule has 1 aromatic rings. The van der Waals surface area contributed by atoms with Gasteiger partial charge < -0.3 is 15.7 Å². The van der Waals surface area contributed by atoms with Crippen LogP contribution < -0.4 is 10.6 Å².